The summed E-state index contributed by atoms with van der Waals surface area (Å²) in [6.45, 7) is 0.682. The molecule has 1 fully saturated rings. The summed E-state index contributed by atoms with van der Waals surface area (Å²) >= 11 is 0. The Labute approximate surface area is 267 Å². The summed E-state index contributed by atoms with van der Waals surface area (Å²) in [6, 6.07) is 25.5. The second-order valence-corrected chi connectivity index (χ2v) is 12.0. The Balaban J connectivity index is 0.000000463. The van der Waals surface area contributed by atoms with Crippen LogP contribution < -0.4 is 0 Å². The Morgan fingerprint density at radius 1 is 0.848 bits per heavy atom. The highest BCUT2D eigenvalue weighted by Crippen LogP contribution is 2.53. The molecule has 0 atom stereocenters. The number of nitrogens with one attached hydrogen (secondary N) is 1. The molecule has 2 heterocycles. The van der Waals surface area contributed by atoms with Crippen molar-refractivity contribution >= 4 is 34.8 Å². The van der Waals surface area contributed by atoms with Gasteiger partial charge >= 0.3 is 11.9 Å². The van der Waals surface area contributed by atoms with Crippen molar-refractivity contribution < 1.29 is 29.0 Å². The third-order valence-electron chi connectivity index (χ3n) is 9.36. The molecule has 0 radical (unpaired) electrons. The molecule has 238 valence electrons. The van der Waals surface area contributed by atoms with Crippen molar-refractivity contribution in [3.63, 3.8) is 0 Å². The number of aromatic nitrogens is 1. The van der Waals surface area contributed by atoms with E-state index in [1.165, 1.54) is 22.7 Å². The lowest BCUT2D eigenvalue weighted by Gasteiger charge is -2.55. The van der Waals surface area contributed by atoms with Gasteiger partial charge in [-0.15, -0.1) is 0 Å². The minimum absolute atomic E-state index is 0.0428. The van der Waals surface area contributed by atoms with Crippen molar-refractivity contribution in [2.45, 2.75) is 43.2 Å². The number of benzene rings is 3. The molecular weight excluding hydrogens is 585 g/mol. The van der Waals surface area contributed by atoms with E-state index in [4.69, 9.17) is 10.2 Å². The van der Waals surface area contributed by atoms with Gasteiger partial charge in [-0.3, -0.25) is 9.69 Å². The number of aliphatic carboxylic acids is 2. The molecule has 8 nitrogen and oxygen atoms in total. The quantitative estimate of drug-likeness (QED) is 0.216. The molecule has 2 aliphatic rings. The van der Waals surface area contributed by atoms with Gasteiger partial charge in [-0.05, 0) is 87.2 Å². The maximum atomic E-state index is 14.3. The third kappa shape index (κ3) is 6.50. The van der Waals surface area contributed by atoms with Crippen LogP contribution in [-0.2, 0) is 31.9 Å². The Morgan fingerprint density at radius 3 is 2.13 bits per heavy atom. The molecule has 1 aromatic heterocycles. The van der Waals surface area contributed by atoms with Crippen LogP contribution in [0.4, 0.5) is 4.39 Å². The number of H-pyrrole nitrogens is 1. The lowest BCUT2D eigenvalue weighted by atomic mass is 9.65. The topological polar surface area (TPSA) is 114 Å². The number of carbonyl (C=O) groups excluding carboxylic acids is 1. The number of carbonyl (C=O) groups is 3. The maximum Gasteiger partial charge on any atom is 0.328 e. The summed E-state index contributed by atoms with van der Waals surface area (Å²) in [5, 5.41) is 16.9. The molecule has 3 aromatic carbocycles. The number of hydrogen-bond acceptors (Lipinski definition) is 4. The van der Waals surface area contributed by atoms with E-state index in [1.807, 2.05) is 42.5 Å². The van der Waals surface area contributed by atoms with Crippen LogP contribution >= 0.6 is 0 Å². The van der Waals surface area contributed by atoms with Crippen molar-refractivity contribution in [1.29, 1.82) is 0 Å². The van der Waals surface area contributed by atoms with Gasteiger partial charge in [0.25, 0.3) is 0 Å². The van der Waals surface area contributed by atoms with E-state index >= 15 is 0 Å². The van der Waals surface area contributed by atoms with Gasteiger partial charge in [0.15, 0.2) is 0 Å². The number of nitrogens with zero attached hydrogens (tertiary/aromatic N) is 2. The van der Waals surface area contributed by atoms with Crippen LogP contribution in [-0.4, -0.2) is 63.5 Å². The van der Waals surface area contributed by atoms with Crippen molar-refractivity contribution in [3.8, 4) is 0 Å². The molecule has 0 unspecified atom stereocenters. The number of rotatable bonds is 6. The van der Waals surface area contributed by atoms with Gasteiger partial charge in [-0.1, -0.05) is 60.7 Å². The second-order valence-electron chi connectivity index (χ2n) is 12.0. The number of aromatic amines is 1. The first-order valence-corrected chi connectivity index (χ1v) is 15.3. The second kappa shape index (κ2) is 13.5. The fourth-order valence-corrected chi connectivity index (χ4v) is 7.08. The molecule has 46 heavy (non-hydrogen) atoms. The standard InChI is InChI=1S/C33H34FN3O.C4H4O4/c1-36(2)32(25-11-8-12-26(34)23-25)18-20-33(21-19-32)31-28(27-13-6-7-14-29(27)35-31)17-22-37(33)30(38)16-15-24-9-4-3-5-10-24;5-3(6)1-2-4(7)8/h3-16,23,35H,17-22H2,1-2H3;1-2H,(H,5,6)(H,7,8)/b16-15+;2-1+/t32-,33+;. The molecule has 0 bridgehead atoms. The molecule has 4 aromatic rings. The number of fused-ring (bicyclic) bond motifs is 4. The molecule has 3 N–H and O–H groups in total. The fraction of sp³-hybridized carbons (Fsp3) is 0.270. The first-order valence-electron chi connectivity index (χ1n) is 15.3. The molecule has 1 amide bonds. The zero-order valence-corrected chi connectivity index (χ0v) is 25.9. The summed E-state index contributed by atoms with van der Waals surface area (Å²) in [4.78, 5) is 41.0. The summed E-state index contributed by atoms with van der Waals surface area (Å²) in [5.74, 6) is -2.68. The molecule has 1 aliphatic carbocycles. The largest absolute Gasteiger partial charge is 0.478 e. The van der Waals surface area contributed by atoms with Gasteiger partial charge in [0.2, 0.25) is 5.91 Å². The third-order valence-corrected chi connectivity index (χ3v) is 9.36. The van der Waals surface area contributed by atoms with Crippen molar-refractivity contribution in [2.24, 2.45) is 0 Å². The van der Waals surface area contributed by atoms with Crippen LogP contribution in [0, 0.1) is 5.82 Å². The number of halogens is 1. The van der Waals surface area contributed by atoms with Gasteiger partial charge in [0.05, 0.1) is 5.54 Å². The average Bonchev–Trinajstić information content (AvgIpc) is 3.44. The molecule has 6 rings (SSSR count). The lowest BCUT2D eigenvalue weighted by molar-refractivity contribution is -0.137. The van der Waals surface area contributed by atoms with Crippen LogP contribution in [0.2, 0.25) is 0 Å². The predicted octanol–water partition coefficient (Wildman–Crippen LogP) is 6.34. The van der Waals surface area contributed by atoms with E-state index in [0.717, 1.165) is 48.7 Å². The molecule has 1 saturated carbocycles. The predicted molar refractivity (Wildman–Crippen MR) is 176 cm³/mol. The maximum absolute atomic E-state index is 14.3. The van der Waals surface area contributed by atoms with E-state index in [1.54, 1.807) is 18.2 Å². The van der Waals surface area contributed by atoms with Gasteiger partial charge < -0.3 is 20.1 Å². The molecular formula is C37H38FN3O5. The van der Waals surface area contributed by atoms with E-state index in [0.29, 0.717) is 18.7 Å². The molecule has 1 aliphatic heterocycles. The SMILES string of the molecule is CN(C)[C@]1(c2cccc(F)c2)CC[C@]2(CC1)c1[nH]c3ccccc3c1CCN2C(=O)/C=C/c1ccccc1.O=C(O)/C=C/C(=O)O. The van der Waals surface area contributed by atoms with Crippen molar-refractivity contribution in [2.75, 3.05) is 20.6 Å². The summed E-state index contributed by atoms with van der Waals surface area (Å²) in [6.07, 6.45) is 8.83. The monoisotopic (exact) mass is 623 g/mol. The minimum atomic E-state index is -1.26. The van der Waals surface area contributed by atoms with Crippen LogP contribution in [0.5, 0.6) is 0 Å². The Morgan fingerprint density at radius 2 is 1.50 bits per heavy atom. The Bertz CT molecular complexity index is 1770. The van der Waals surface area contributed by atoms with Crippen molar-refractivity contribution in [3.05, 3.63) is 125 Å². The fourth-order valence-electron chi connectivity index (χ4n) is 7.08. The Kier molecular flexibility index (Phi) is 9.53. The molecule has 0 saturated heterocycles. The molecule has 1 spiro atoms. The van der Waals surface area contributed by atoms with E-state index in [2.05, 4.69) is 53.1 Å². The van der Waals surface area contributed by atoms with Gasteiger partial charge in [-0.25, -0.2) is 14.0 Å². The zero-order chi connectivity index (χ0) is 32.9. The first kappa shape index (κ1) is 32.4. The van der Waals surface area contributed by atoms with Gasteiger partial charge in [0, 0.05) is 46.9 Å². The highest BCUT2D eigenvalue weighted by Gasteiger charge is 2.52. The number of para-hydroxylation sites is 1. The van der Waals surface area contributed by atoms with Gasteiger partial charge in [0.1, 0.15) is 5.82 Å². The smallest absolute Gasteiger partial charge is 0.328 e. The zero-order valence-electron chi connectivity index (χ0n) is 25.9. The van der Waals surface area contributed by atoms with E-state index in [-0.39, 0.29) is 17.3 Å². The first-order chi connectivity index (χ1) is 22.1. The summed E-state index contributed by atoms with van der Waals surface area (Å²) < 4.78 is 14.3. The van der Waals surface area contributed by atoms with Crippen LogP contribution in [0.3, 0.4) is 0 Å². The number of amides is 1. The summed E-state index contributed by atoms with van der Waals surface area (Å²) in [5.41, 5.74) is 4.94. The van der Waals surface area contributed by atoms with Crippen LogP contribution in [0.1, 0.15) is 48.1 Å². The number of hydrogen-bond donors (Lipinski definition) is 3. The highest BCUT2D eigenvalue weighted by molar-refractivity contribution is 5.94. The van der Waals surface area contributed by atoms with E-state index in [9.17, 15) is 18.8 Å². The van der Waals surface area contributed by atoms with Gasteiger partial charge in [-0.2, -0.15) is 0 Å². The summed E-state index contributed by atoms with van der Waals surface area (Å²) in [7, 11) is 4.17. The number of carboxylic acid groups (broad SMARTS) is 2. The molecule has 9 heteroatoms. The Hall–Kier alpha value is -5.02. The lowest BCUT2D eigenvalue weighted by Crippen LogP contribution is -2.58. The van der Waals surface area contributed by atoms with Crippen molar-refractivity contribution in [1.82, 2.24) is 14.8 Å². The number of carboxylic acids is 2. The highest BCUT2D eigenvalue weighted by atomic mass is 19.1. The van der Waals surface area contributed by atoms with Crippen LogP contribution in [0.25, 0.3) is 17.0 Å². The average molecular weight is 624 g/mol. The van der Waals surface area contributed by atoms with Crippen LogP contribution in [0.15, 0.2) is 97.1 Å². The normalized spacial score (nSPS) is 21.0. The minimum Gasteiger partial charge on any atom is -0.478 e. The van der Waals surface area contributed by atoms with E-state index < -0.39 is 17.5 Å².